The lowest BCUT2D eigenvalue weighted by atomic mass is 9.65. The second-order valence-electron chi connectivity index (χ2n) is 2.99. The van der Waals surface area contributed by atoms with Crippen molar-refractivity contribution in [3.05, 3.63) is 29.8 Å². The van der Waals surface area contributed by atoms with E-state index in [1.54, 1.807) is 0 Å². The van der Waals surface area contributed by atoms with Gasteiger partial charge < -0.3 is 0 Å². The van der Waals surface area contributed by atoms with Crippen molar-refractivity contribution in [3.63, 3.8) is 0 Å². The van der Waals surface area contributed by atoms with E-state index in [0.717, 1.165) is 13.7 Å². The largest absolute Gasteiger partial charge is 0.158 e. The summed E-state index contributed by atoms with van der Waals surface area (Å²) in [7, 11) is 1.15. The van der Waals surface area contributed by atoms with E-state index in [-0.39, 0.29) is 0 Å². The molecule has 62 valence electrons. The predicted molar refractivity (Wildman–Crippen MR) is 61.0 cm³/mol. The molecule has 0 radical (unpaired) electrons. The van der Waals surface area contributed by atoms with Gasteiger partial charge in [-0.3, -0.25) is 0 Å². The van der Waals surface area contributed by atoms with Crippen LogP contribution in [0.4, 0.5) is 0 Å². The van der Waals surface area contributed by atoms with Crippen LogP contribution in [0, 0.1) is 6.92 Å². The van der Waals surface area contributed by atoms with Crippen molar-refractivity contribution in [1.82, 2.24) is 0 Å². The summed E-state index contributed by atoms with van der Waals surface area (Å²) in [4.78, 5) is 0. The lowest BCUT2D eigenvalue weighted by Gasteiger charge is -2.01. The molecule has 0 aliphatic carbocycles. The zero-order valence-electron chi connectivity index (χ0n) is 7.42. The summed E-state index contributed by atoms with van der Waals surface area (Å²) in [5, 5.41) is 1.82. The molecule has 12 heavy (non-hydrogen) atoms. The fourth-order valence-corrected chi connectivity index (χ4v) is 1.43. The normalized spacial score (nSPS) is 9.42. The van der Waals surface area contributed by atoms with Gasteiger partial charge in [-0.25, -0.2) is 0 Å². The molecule has 1 rings (SSSR count). The molecular formula is C10H13BS. The number of rotatable bonds is 4. The summed E-state index contributed by atoms with van der Waals surface area (Å²) in [6.07, 6.45) is 2.22. The highest BCUT2D eigenvalue weighted by molar-refractivity contribution is 7.78. The van der Waals surface area contributed by atoms with E-state index in [4.69, 9.17) is 12.2 Å². The summed E-state index contributed by atoms with van der Waals surface area (Å²) >= 11 is 4.78. The molecule has 0 aromatic heterocycles. The van der Waals surface area contributed by atoms with Gasteiger partial charge in [0.15, 0.2) is 7.28 Å². The Hall–Kier alpha value is -0.625. The van der Waals surface area contributed by atoms with Gasteiger partial charge in [0.25, 0.3) is 0 Å². The minimum absolute atomic E-state index is 1.05. The van der Waals surface area contributed by atoms with Crippen LogP contribution in [0.3, 0.4) is 0 Å². The fraction of sp³-hybridized carbons (Fsp3) is 0.300. The van der Waals surface area contributed by atoms with Gasteiger partial charge in [0.1, 0.15) is 0 Å². The third-order valence-electron chi connectivity index (χ3n) is 2.03. The van der Waals surface area contributed by atoms with E-state index in [1.165, 1.54) is 17.3 Å². The molecule has 1 aromatic carbocycles. The third-order valence-corrected chi connectivity index (χ3v) is 2.27. The van der Waals surface area contributed by atoms with Gasteiger partial charge >= 0.3 is 0 Å². The standard InChI is InChI=1S/C10H13BS/c1-9-5-2-3-6-10(9)11-7-4-8-12/h2-3,5-6,8,11H,4,7H2,1H3. The molecule has 0 atom stereocenters. The Kier molecular flexibility index (Phi) is 4.02. The summed E-state index contributed by atoms with van der Waals surface area (Å²) < 4.78 is 0. The summed E-state index contributed by atoms with van der Waals surface area (Å²) in [5.41, 5.74) is 2.84. The first-order chi connectivity index (χ1) is 5.84. The van der Waals surface area contributed by atoms with Crippen LogP contribution in [-0.4, -0.2) is 12.6 Å². The average Bonchev–Trinajstić information content (AvgIpc) is 2.09. The highest BCUT2D eigenvalue weighted by atomic mass is 32.1. The molecular weight excluding hydrogens is 163 g/mol. The monoisotopic (exact) mass is 176 g/mol. The van der Waals surface area contributed by atoms with Crippen molar-refractivity contribution >= 4 is 30.3 Å². The molecule has 0 N–H and O–H groups in total. The van der Waals surface area contributed by atoms with Crippen molar-refractivity contribution in [2.75, 3.05) is 0 Å². The Morgan fingerprint density at radius 1 is 1.42 bits per heavy atom. The Morgan fingerprint density at radius 3 is 2.83 bits per heavy atom. The Labute approximate surface area is 80.2 Å². The third kappa shape index (κ3) is 2.78. The van der Waals surface area contributed by atoms with E-state index >= 15 is 0 Å². The van der Waals surface area contributed by atoms with E-state index in [0.29, 0.717) is 0 Å². The van der Waals surface area contributed by atoms with Crippen LogP contribution in [0.2, 0.25) is 6.32 Å². The lowest BCUT2D eigenvalue weighted by Crippen LogP contribution is -2.16. The molecule has 0 bridgehead atoms. The van der Waals surface area contributed by atoms with Crippen LogP contribution < -0.4 is 5.46 Å². The number of benzene rings is 1. The zero-order valence-corrected chi connectivity index (χ0v) is 8.23. The first-order valence-corrected chi connectivity index (χ1v) is 4.80. The quantitative estimate of drug-likeness (QED) is 0.383. The van der Waals surface area contributed by atoms with Crippen molar-refractivity contribution in [2.24, 2.45) is 0 Å². The predicted octanol–water partition coefficient (Wildman–Crippen LogP) is 1.86. The first-order valence-electron chi connectivity index (χ1n) is 4.32. The molecule has 0 nitrogen and oxygen atoms in total. The zero-order chi connectivity index (χ0) is 8.81. The maximum absolute atomic E-state index is 4.78. The van der Waals surface area contributed by atoms with Crippen molar-refractivity contribution in [1.29, 1.82) is 0 Å². The molecule has 0 fully saturated rings. The second-order valence-corrected chi connectivity index (χ2v) is 3.32. The molecule has 0 spiro atoms. The SMILES string of the molecule is Cc1ccccc1BCCC=S. The number of hydrogen-bond donors (Lipinski definition) is 0. The highest BCUT2D eigenvalue weighted by Gasteiger charge is 1.96. The van der Waals surface area contributed by atoms with Gasteiger partial charge in [-0.15, -0.1) is 0 Å². The molecule has 0 heterocycles. The molecule has 0 saturated carbocycles. The average molecular weight is 176 g/mol. The van der Waals surface area contributed by atoms with Crippen molar-refractivity contribution in [3.8, 4) is 0 Å². The smallest absolute Gasteiger partial charge is 0.0935 e. The number of aryl methyl sites for hydroxylation is 1. The van der Waals surface area contributed by atoms with Gasteiger partial charge in [-0.2, -0.15) is 0 Å². The minimum atomic E-state index is 1.05. The molecule has 0 unspecified atom stereocenters. The van der Waals surface area contributed by atoms with Gasteiger partial charge in [0.2, 0.25) is 0 Å². The number of thiocarbonyl (C=S) groups is 1. The van der Waals surface area contributed by atoms with E-state index in [1.807, 2.05) is 5.37 Å². The minimum Gasteiger partial charge on any atom is -0.0935 e. The van der Waals surface area contributed by atoms with Crippen LogP contribution in [0.25, 0.3) is 0 Å². The lowest BCUT2D eigenvalue weighted by molar-refractivity contribution is 1.32. The molecule has 2 heteroatoms. The van der Waals surface area contributed by atoms with Crippen LogP contribution in [-0.2, 0) is 0 Å². The topological polar surface area (TPSA) is 0 Å². The first kappa shape index (κ1) is 9.46. The van der Waals surface area contributed by atoms with Crippen LogP contribution in [0.15, 0.2) is 24.3 Å². The number of hydrogen-bond acceptors (Lipinski definition) is 1. The van der Waals surface area contributed by atoms with Gasteiger partial charge in [-0.1, -0.05) is 53.8 Å². The maximum atomic E-state index is 4.78. The molecule has 1 aromatic rings. The summed E-state index contributed by atoms with van der Waals surface area (Å²) in [6, 6.07) is 8.53. The molecule has 0 aliphatic heterocycles. The van der Waals surface area contributed by atoms with E-state index in [9.17, 15) is 0 Å². The molecule has 0 amide bonds. The Bertz CT molecular complexity index is 258. The molecule has 0 saturated heterocycles. The van der Waals surface area contributed by atoms with E-state index in [2.05, 4.69) is 31.2 Å². The van der Waals surface area contributed by atoms with Crippen LogP contribution in [0.1, 0.15) is 12.0 Å². The van der Waals surface area contributed by atoms with Gasteiger partial charge in [0, 0.05) is 0 Å². The van der Waals surface area contributed by atoms with Gasteiger partial charge in [-0.05, 0) is 18.7 Å². The van der Waals surface area contributed by atoms with Crippen molar-refractivity contribution in [2.45, 2.75) is 19.7 Å². The highest BCUT2D eigenvalue weighted by Crippen LogP contribution is 1.94. The fourth-order valence-electron chi connectivity index (χ4n) is 1.27. The summed E-state index contributed by atoms with van der Waals surface area (Å²) in [5.74, 6) is 0. The summed E-state index contributed by atoms with van der Waals surface area (Å²) in [6.45, 7) is 2.16. The second kappa shape index (κ2) is 5.10. The Balaban J connectivity index is 2.51. The van der Waals surface area contributed by atoms with Gasteiger partial charge in [0.05, 0.1) is 0 Å². The van der Waals surface area contributed by atoms with Crippen molar-refractivity contribution < 1.29 is 0 Å². The maximum Gasteiger partial charge on any atom is 0.158 e. The molecule has 0 aliphatic rings. The van der Waals surface area contributed by atoms with Crippen LogP contribution in [0.5, 0.6) is 0 Å². The Morgan fingerprint density at radius 2 is 2.17 bits per heavy atom. The van der Waals surface area contributed by atoms with Crippen LogP contribution >= 0.6 is 12.2 Å². The van der Waals surface area contributed by atoms with E-state index < -0.39 is 0 Å².